The Hall–Kier alpha value is -4.03. The van der Waals surface area contributed by atoms with Crippen LogP contribution in [0.15, 0.2) is 91.3 Å². The monoisotopic (exact) mass is 465 g/mol. The minimum atomic E-state index is -0.177. The van der Waals surface area contributed by atoms with Crippen molar-refractivity contribution in [3.63, 3.8) is 0 Å². The second-order valence-corrected chi connectivity index (χ2v) is 9.07. The molecule has 2 aromatic heterocycles. The maximum absolute atomic E-state index is 14.0. The number of rotatable bonds is 6. The molecule has 0 N–H and O–H groups in total. The summed E-state index contributed by atoms with van der Waals surface area (Å²) in [5, 5.41) is 0.645. The predicted molar refractivity (Wildman–Crippen MR) is 137 cm³/mol. The Labute approximate surface area is 202 Å². The molecule has 0 radical (unpaired) electrons. The first kappa shape index (κ1) is 21.8. The van der Waals surface area contributed by atoms with Crippen molar-refractivity contribution >= 4 is 32.6 Å². The summed E-state index contributed by atoms with van der Waals surface area (Å²) >= 11 is 1.53. The zero-order chi connectivity index (χ0) is 23.5. The Morgan fingerprint density at radius 3 is 2.56 bits per heavy atom. The summed E-state index contributed by atoms with van der Waals surface area (Å²) in [6.07, 6.45) is 3.50. The summed E-state index contributed by atoms with van der Waals surface area (Å²) in [6.45, 7) is 4.49. The van der Waals surface area contributed by atoms with Crippen LogP contribution < -0.4 is 9.64 Å². The lowest BCUT2D eigenvalue weighted by Gasteiger charge is -2.21. The van der Waals surface area contributed by atoms with Crippen LogP contribution in [0.1, 0.15) is 27.0 Å². The first-order chi connectivity index (χ1) is 16.6. The van der Waals surface area contributed by atoms with Crippen LogP contribution in [-0.2, 0) is 6.54 Å². The lowest BCUT2D eigenvalue weighted by Crippen LogP contribution is -2.30. The number of nitrogens with zero attached hydrogens (tertiary/aromatic N) is 3. The quantitative estimate of drug-likeness (QED) is 0.272. The van der Waals surface area contributed by atoms with E-state index in [0.717, 1.165) is 26.9 Å². The third-order valence-corrected chi connectivity index (χ3v) is 6.67. The smallest absolute Gasteiger partial charge is 0.264 e. The molecule has 0 saturated heterocycles. The molecule has 5 nitrogen and oxygen atoms in total. The molecular weight excluding hydrogens is 442 g/mol. The molecule has 0 aliphatic heterocycles. The fraction of sp³-hybridized carbons (Fsp3) is 0.107. The molecule has 34 heavy (non-hydrogen) atoms. The average Bonchev–Trinajstić information content (AvgIpc) is 3.28. The summed E-state index contributed by atoms with van der Waals surface area (Å²) in [6, 6.07) is 24.8. The van der Waals surface area contributed by atoms with Crippen molar-refractivity contribution in [3.05, 3.63) is 114 Å². The summed E-state index contributed by atoms with van der Waals surface area (Å²) < 4.78 is 7.17. The van der Waals surface area contributed by atoms with Gasteiger partial charge in [-0.25, -0.2) is 4.98 Å². The van der Waals surface area contributed by atoms with Gasteiger partial charge in [-0.1, -0.05) is 53.8 Å². The Bertz CT molecular complexity index is 1450. The van der Waals surface area contributed by atoms with Gasteiger partial charge in [0.25, 0.3) is 5.91 Å². The standard InChI is InChI=1S/C28H23N3O2S/c1-19-15-20(2)26-24(16-19)30-28(34-26)31(18-21-9-8-14-29-17-21)27(32)23-12-6-7-13-25(23)33-22-10-4-3-5-11-22/h3-17H,18H2,1-2H3. The van der Waals surface area contributed by atoms with Crippen LogP contribution in [0.3, 0.4) is 0 Å². The summed E-state index contributed by atoms with van der Waals surface area (Å²) in [7, 11) is 0. The van der Waals surface area contributed by atoms with Gasteiger partial charge < -0.3 is 4.74 Å². The number of hydrogen-bond acceptors (Lipinski definition) is 5. The van der Waals surface area contributed by atoms with E-state index in [1.807, 2.05) is 60.7 Å². The van der Waals surface area contributed by atoms with E-state index in [2.05, 4.69) is 31.0 Å². The van der Waals surface area contributed by atoms with Gasteiger partial charge in [-0.3, -0.25) is 14.7 Å². The van der Waals surface area contributed by atoms with Crippen molar-refractivity contribution in [3.8, 4) is 11.5 Å². The summed E-state index contributed by atoms with van der Waals surface area (Å²) in [5.41, 5.74) is 4.59. The van der Waals surface area contributed by atoms with E-state index in [1.165, 1.54) is 11.3 Å². The molecule has 3 aromatic carbocycles. The van der Waals surface area contributed by atoms with Gasteiger partial charge in [0.1, 0.15) is 11.5 Å². The van der Waals surface area contributed by atoms with Gasteiger partial charge in [-0.15, -0.1) is 0 Å². The number of anilines is 1. The minimum Gasteiger partial charge on any atom is -0.457 e. The SMILES string of the molecule is Cc1cc(C)c2sc(N(Cc3cccnc3)C(=O)c3ccccc3Oc3ccccc3)nc2c1. The van der Waals surface area contributed by atoms with Gasteiger partial charge in [0.2, 0.25) is 0 Å². The molecule has 0 fully saturated rings. The number of para-hydroxylation sites is 2. The van der Waals surface area contributed by atoms with Crippen molar-refractivity contribution in [1.29, 1.82) is 0 Å². The Kier molecular flexibility index (Phi) is 6.06. The van der Waals surface area contributed by atoms with Gasteiger partial charge in [-0.05, 0) is 66.9 Å². The highest BCUT2D eigenvalue weighted by molar-refractivity contribution is 7.22. The third-order valence-electron chi connectivity index (χ3n) is 5.44. The number of ether oxygens (including phenoxy) is 1. The zero-order valence-electron chi connectivity index (χ0n) is 18.9. The fourth-order valence-corrected chi connectivity index (χ4v) is 4.89. The first-order valence-electron chi connectivity index (χ1n) is 11.0. The normalized spacial score (nSPS) is 10.9. The van der Waals surface area contributed by atoms with E-state index in [4.69, 9.17) is 9.72 Å². The van der Waals surface area contributed by atoms with Crippen LogP contribution in [0.5, 0.6) is 11.5 Å². The number of carbonyl (C=O) groups is 1. The van der Waals surface area contributed by atoms with Crippen LogP contribution in [0.4, 0.5) is 5.13 Å². The van der Waals surface area contributed by atoms with Gasteiger partial charge in [0, 0.05) is 12.4 Å². The third kappa shape index (κ3) is 4.54. The molecule has 1 amide bonds. The van der Waals surface area contributed by atoms with E-state index in [9.17, 15) is 4.79 Å². The largest absolute Gasteiger partial charge is 0.457 e. The lowest BCUT2D eigenvalue weighted by molar-refractivity contribution is 0.0983. The molecule has 0 atom stereocenters. The van der Waals surface area contributed by atoms with Gasteiger partial charge in [0.15, 0.2) is 5.13 Å². The van der Waals surface area contributed by atoms with E-state index < -0.39 is 0 Å². The van der Waals surface area contributed by atoms with Crippen LogP contribution >= 0.6 is 11.3 Å². The zero-order valence-corrected chi connectivity index (χ0v) is 19.8. The van der Waals surface area contributed by atoms with E-state index in [-0.39, 0.29) is 5.91 Å². The van der Waals surface area contributed by atoms with Gasteiger partial charge >= 0.3 is 0 Å². The molecule has 0 saturated carbocycles. The minimum absolute atomic E-state index is 0.177. The highest BCUT2D eigenvalue weighted by Crippen LogP contribution is 2.35. The van der Waals surface area contributed by atoms with Crippen molar-refractivity contribution in [2.75, 3.05) is 4.90 Å². The first-order valence-corrected chi connectivity index (χ1v) is 11.8. The number of thiazole rings is 1. The number of benzene rings is 3. The maximum atomic E-state index is 14.0. The number of aromatic nitrogens is 2. The molecule has 0 spiro atoms. The number of hydrogen-bond donors (Lipinski definition) is 0. The van der Waals surface area contributed by atoms with Crippen molar-refractivity contribution in [1.82, 2.24) is 9.97 Å². The Morgan fingerprint density at radius 2 is 1.76 bits per heavy atom. The highest BCUT2D eigenvalue weighted by Gasteiger charge is 2.25. The molecule has 0 aliphatic rings. The second-order valence-electron chi connectivity index (χ2n) is 8.09. The molecular formula is C28H23N3O2S. The molecule has 2 heterocycles. The number of pyridine rings is 1. The molecule has 5 rings (SSSR count). The van der Waals surface area contributed by atoms with Crippen LogP contribution in [-0.4, -0.2) is 15.9 Å². The van der Waals surface area contributed by atoms with Crippen molar-refractivity contribution < 1.29 is 9.53 Å². The van der Waals surface area contributed by atoms with Crippen LogP contribution in [0.2, 0.25) is 0 Å². The Balaban J connectivity index is 1.58. The van der Waals surface area contributed by atoms with E-state index >= 15 is 0 Å². The second kappa shape index (κ2) is 9.45. The summed E-state index contributed by atoms with van der Waals surface area (Å²) in [4.78, 5) is 24.8. The Morgan fingerprint density at radius 1 is 0.971 bits per heavy atom. The highest BCUT2D eigenvalue weighted by atomic mass is 32.1. The summed E-state index contributed by atoms with van der Waals surface area (Å²) in [5.74, 6) is 1.000. The maximum Gasteiger partial charge on any atom is 0.264 e. The predicted octanol–water partition coefficient (Wildman–Crippen LogP) is 6.95. The van der Waals surface area contributed by atoms with E-state index in [1.54, 1.807) is 23.4 Å². The molecule has 168 valence electrons. The van der Waals surface area contributed by atoms with Crippen molar-refractivity contribution in [2.45, 2.75) is 20.4 Å². The van der Waals surface area contributed by atoms with Crippen molar-refractivity contribution in [2.24, 2.45) is 0 Å². The number of amides is 1. The molecule has 0 bridgehead atoms. The fourth-order valence-electron chi connectivity index (χ4n) is 3.87. The average molecular weight is 466 g/mol. The molecule has 0 aliphatic carbocycles. The van der Waals surface area contributed by atoms with Crippen LogP contribution in [0.25, 0.3) is 10.2 Å². The molecule has 0 unspecified atom stereocenters. The van der Waals surface area contributed by atoms with Gasteiger partial charge in [-0.2, -0.15) is 0 Å². The molecule has 6 heteroatoms. The number of fused-ring (bicyclic) bond motifs is 1. The van der Waals surface area contributed by atoms with Gasteiger partial charge in [0.05, 0.1) is 22.3 Å². The lowest BCUT2D eigenvalue weighted by atomic mass is 10.1. The topological polar surface area (TPSA) is 55.3 Å². The molecule has 5 aromatic rings. The van der Waals surface area contributed by atoms with Crippen LogP contribution in [0, 0.1) is 13.8 Å². The van der Waals surface area contributed by atoms with E-state index in [0.29, 0.717) is 28.7 Å². The number of aryl methyl sites for hydroxylation is 2. The number of carbonyl (C=O) groups excluding carboxylic acids is 1.